The molecule has 0 aromatic carbocycles. The third-order valence-electron chi connectivity index (χ3n) is 1.01. The number of hydrogen-bond acceptors (Lipinski definition) is 4. The highest BCUT2D eigenvalue weighted by atomic mass is 16.6. The van der Waals surface area contributed by atoms with Gasteiger partial charge in [0.05, 0.1) is 13.0 Å². The molecule has 0 saturated carbocycles. The second kappa shape index (κ2) is 6.33. The minimum Gasteiger partial charge on any atom is -0.466 e. The molecule has 12 heavy (non-hydrogen) atoms. The van der Waals surface area contributed by atoms with E-state index < -0.39 is 4.92 Å². The number of esters is 1. The summed E-state index contributed by atoms with van der Waals surface area (Å²) in [5.41, 5.74) is 0. The molecule has 5 heteroatoms. The Balaban J connectivity index is 3.46. The monoisotopic (exact) mass is 173 g/mol. The fraction of sp³-hybridized carbons (Fsp3) is 0.571. The second-order valence-corrected chi connectivity index (χ2v) is 2.00. The third kappa shape index (κ3) is 6.73. The molecule has 0 saturated heterocycles. The van der Waals surface area contributed by atoms with Gasteiger partial charge in [-0.1, -0.05) is 6.08 Å². The SMILES string of the molecule is CCOC(=O)C/C=C/C[N+](=O)[O-]. The van der Waals surface area contributed by atoms with Gasteiger partial charge in [0.15, 0.2) is 0 Å². The number of nitrogens with zero attached hydrogens (tertiary/aromatic N) is 1. The topological polar surface area (TPSA) is 69.4 Å². The maximum atomic E-state index is 10.6. The van der Waals surface area contributed by atoms with Gasteiger partial charge in [-0.3, -0.25) is 14.9 Å². The van der Waals surface area contributed by atoms with Crippen LogP contribution in [0.1, 0.15) is 13.3 Å². The van der Waals surface area contributed by atoms with E-state index in [1.807, 2.05) is 0 Å². The molecule has 0 aliphatic carbocycles. The molecule has 0 amide bonds. The van der Waals surface area contributed by atoms with Crippen molar-refractivity contribution in [2.24, 2.45) is 0 Å². The maximum absolute atomic E-state index is 10.6. The van der Waals surface area contributed by atoms with Crippen LogP contribution in [-0.2, 0) is 9.53 Å². The zero-order valence-corrected chi connectivity index (χ0v) is 6.86. The van der Waals surface area contributed by atoms with E-state index >= 15 is 0 Å². The van der Waals surface area contributed by atoms with Crippen LogP contribution in [0.25, 0.3) is 0 Å². The molecule has 0 radical (unpaired) electrons. The van der Waals surface area contributed by atoms with Crippen molar-refractivity contribution < 1.29 is 14.5 Å². The minimum atomic E-state index is -0.471. The Kier molecular flexibility index (Phi) is 5.60. The molecule has 0 unspecified atom stereocenters. The van der Waals surface area contributed by atoms with Crippen LogP contribution in [-0.4, -0.2) is 24.0 Å². The molecule has 0 atom stereocenters. The summed E-state index contributed by atoms with van der Waals surface area (Å²) >= 11 is 0. The predicted octanol–water partition coefficient (Wildman–Crippen LogP) is 0.772. The van der Waals surface area contributed by atoms with E-state index in [9.17, 15) is 14.9 Å². The Hall–Kier alpha value is -1.39. The van der Waals surface area contributed by atoms with Crippen LogP contribution in [0.15, 0.2) is 12.2 Å². The van der Waals surface area contributed by atoms with Gasteiger partial charge in [0, 0.05) is 4.92 Å². The Morgan fingerprint density at radius 2 is 2.25 bits per heavy atom. The van der Waals surface area contributed by atoms with Gasteiger partial charge in [0.1, 0.15) is 0 Å². The van der Waals surface area contributed by atoms with Gasteiger partial charge in [-0.15, -0.1) is 0 Å². The van der Waals surface area contributed by atoms with E-state index in [0.717, 1.165) is 0 Å². The van der Waals surface area contributed by atoms with Gasteiger partial charge in [-0.2, -0.15) is 0 Å². The molecule has 0 N–H and O–H groups in total. The molecule has 5 nitrogen and oxygen atoms in total. The number of carbonyl (C=O) groups excluding carboxylic acids is 1. The molecular weight excluding hydrogens is 162 g/mol. The van der Waals surface area contributed by atoms with Crippen molar-refractivity contribution >= 4 is 5.97 Å². The molecule has 0 spiro atoms. The zero-order valence-electron chi connectivity index (χ0n) is 6.86. The van der Waals surface area contributed by atoms with Crippen LogP contribution in [0, 0.1) is 10.1 Å². The number of hydrogen-bond donors (Lipinski definition) is 0. The van der Waals surface area contributed by atoms with Crippen LogP contribution < -0.4 is 0 Å². The number of nitro groups is 1. The number of ether oxygens (including phenoxy) is 1. The van der Waals surface area contributed by atoms with Crippen LogP contribution in [0.4, 0.5) is 0 Å². The lowest BCUT2D eigenvalue weighted by atomic mass is 10.4. The normalized spacial score (nSPS) is 10.1. The lowest BCUT2D eigenvalue weighted by Crippen LogP contribution is -2.02. The highest BCUT2D eigenvalue weighted by molar-refractivity contribution is 5.71. The van der Waals surface area contributed by atoms with Gasteiger partial charge < -0.3 is 4.74 Å². The average Bonchev–Trinajstić information content (AvgIpc) is 1.98. The summed E-state index contributed by atoms with van der Waals surface area (Å²) in [7, 11) is 0. The van der Waals surface area contributed by atoms with Crippen LogP contribution >= 0.6 is 0 Å². The summed E-state index contributed by atoms with van der Waals surface area (Å²) in [6.07, 6.45) is 2.86. The van der Waals surface area contributed by atoms with Gasteiger partial charge >= 0.3 is 5.97 Å². The van der Waals surface area contributed by atoms with Crippen LogP contribution in [0.3, 0.4) is 0 Å². The molecule has 0 rings (SSSR count). The second-order valence-electron chi connectivity index (χ2n) is 2.00. The molecular formula is C7H11NO4. The molecule has 0 heterocycles. The van der Waals surface area contributed by atoms with Gasteiger partial charge in [-0.05, 0) is 13.0 Å². The number of carbonyl (C=O) groups is 1. The molecule has 0 fully saturated rings. The van der Waals surface area contributed by atoms with Crippen molar-refractivity contribution in [2.75, 3.05) is 13.2 Å². The van der Waals surface area contributed by atoms with Crippen molar-refractivity contribution in [1.82, 2.24) is 0 Å². The highest BCUT2D eigenvalue weighted by Crippen LogP contribution is 1.88. The van der Waals surface area contributed by atoms with Crippen molar-refractivity contribution in [2.45, 2.75) is 13.3 Å². The maximum Gasteiger partial charge on any atom is 0.309 e. The average molecular weight is 173 g/mol. The first-order chi connectivity index (χ1) is 5.66. The molecule has 0 aliphatic heterocycles. The first-order valence-corrected chi connectivity index (χ1v) is 3.59. The quantitative estimate of drug-likeness (QED) is 0.266. The van der Waals surface area contributed by atoms with E-state index in [-0.39, 0.29) is 18.9 Å². The summed E-state index contributed by atoms with van der Waals surface area (Å²) in [5, 5.41) is 9.81. The molecule has 68 valence electrons. The largest absolute Gasteiger partial charge is 0.466 e. The van der Waals surface area contributed by atoms with Crippen LogP contribution in [0.5, 0.6) is 0 Å². The zero-order chi connectivity index (χ0) is 9.40. The lowest BCUT2D eigenvalue weighted by molar-refractivity contribution is -0.468. The smallest absolute Gasteiger partial charge is 0.309 e. The molecule has 0 aromatic rings. The van der Waals surface area contributed by atoms with Gasteiger partial charge in [0.25, 0.3) is 0 Å². The third-order valence-corrected chi connectivity index (χ3v) is 1.01. The lowest BCUT2D eigenvalue weighted by Gasteiger charge is -1.95. The summed E-state index contributed by atoms with van der Waals surface area (Å²) < 4.78 is 4.59. The Morgan fingerprint density at radius 1 is 1.58 bits per heavy atom. The van der Waals surface area contributed by atoms with E-state index in [1.54, 1.807) is 6.92 Å². The number of rotatable bonds is 5. The standard InChI is InChI=1S/C7H11NO4/c1-2-12-7(9)5-3-4-6-8(10)11/h3-4H,2,5-6H2,1H3/b4-3+. The van der Waals surface area contributed by atoms with E-state index in [2.05, 4.69) is 4.74 Å². The Bertz CT molecular complexity index is 188. The summed E-state index contributed by atoms with van der Waals surface area (Å²) in [6, 6.07) is 0. The Morgan fingerprint density at radius 3 is 2.75 bits per heavy atom. The molecule has 0 bridgehead atoms. The fourth-order valence-corrected chi connectivity index (χ4v) is 0.560. The van der Waals surface area contributed by atoms with Crippen molar-refractivity contribution in [3.05, 3.63) is 22.3 Å². The molecule has 0 aliphatic rings. The van der Waals surface area contributed by atoms with E-state index in [1.165, 1.54) is 12.2 Å². The summed E-state index contributed by atoms with van der Waals surface area (Å²) in [4.78, 5) is 20.0. The van der Waals surface area contributed by atoms with Gasteiger partial charge in [0.2, 0.25) is 6.54 Å². The van der Waals surface area contributed by atoms with Crippen molar-refractivity contribution in [1.29, 1.82) is 0 Å². The van der Waals surface area contributed by atoms with Gasteiger partial charge in [-0.25, -0.2) is 0 Å². The minimum absolute atomic E-state index is 0.0989. The van der Waals surface area contributed by atoms with Crippen molar-refractivity contribution in [3.8, 4) is 0 Å². The van der Waals surface area contributed by atoms with Crippen molar-refractivity contribution in [3.63, 3.8) is 0 Å². The van der Waals surface area contributed by atoms with Crippen LogP contribution in [0.2, 0.25) is 0 Å². The first-order valence-electron chi connectivity index (χ1n) is 3.59. The molecule has 0 aromatic heterocycles. The van der Waals surface area contributed by atoms with E-state index in [0.29, 0.717) is 6.61 Å². The summed E-state index contributed by atoms with van der Waals surface area (Å²) in [6.45, 7) is 1.79. The first kappa shape index (κ1) is 10.6. The Labute approximate surface area is 70.2 Å². The predicted molar refractivity (Wildman–Crippen MR) is 42.3 cm³/mol. The highest BCUT2D eigenvalue weighted by Gasteiger charge is 1.96. The van der Waals surface area contributed by atoms with E-state index in [4.69, 9.17) is 0 Å². The fourth-order valence-electron chi connectivity index (χ4n) is 0.560. The summed E-state index contributed by atoms with van der Waals surface area (Å²) in [5.74, 6) is -0.364.